The van der Waals surface area contributed by atoms with E-state index in [1.54, 1.807) is 6.07 Å². The third-order valence-electron chi connectivity index (χ3n) is 3.58. The summed E-state index contributed by atoms with van der Waals surface area (Å²) in [5, 5.41) is 3.36. The summed E-state index contributed by atoms with van der Waals surface area (Å²) in [5.41, 5.74) is 1.05. The van der Waals surface area contributed by atoms with Gasteiger partial charge >= 0.3 is 0 Å². The van der Waals surface area contributed by atoms with E-state index in [-0.39, 0.29) is 11.9 Å². The first-order valence-corrected chi connectivity index (χ1v) is 7.53. The molecule has 0 spiro atoms. The van der Waals surface area contributed by atoms with Gasteiger partial charge in [0.05, 0.1) is 4.47 Å². The van der Waals surface area contributed by atoms with E-state index in [4.69, 9.17) is 0 Å². The Morgan fingerprint density at radius 1 is 1.42 bits per heavy atom. The molecule has 1 heterocycles. The van der Waals surface area contributed by atoms with Crippen LogP contribution in [-0.4, -0.2) is 31.1 Å². The van der Waals surface area contributed by atoms with Gasteiger partial charge in [-0.2, -0.15) is 0 Å². The van der Waals surface area contributed by atoms with Crippen LogP contribution < -0.4 is 5.32 Å². The molecule has 19 heavy (non-hydrogen) atoms. The molecule has 1 atom stereocenters. The second-order valence-corrected chi connectivity index (χ2v) is 5.60. The Labute approximate surface area is 122 Å². The molecule has 0 unspecified atom stereocenters. The van der Waals surface area contributed by atoms with Gasteiger partial charge in [0.2, 0.25) is 0 Å². The van der Waals surface area contributed by atoms with Gasteiger partial charge in [-0.1, -0.05) is 18.2 Å². The van der Waals surface area contributed by atoms with E-state index in [1.165, 1.54) is 6.07 Å². The van der Waals surface area contributed by atoms with Crippen LogP contribution in [0.2, 0.25) is 0 Å². The van der Waals surface area contributed by atoms with Gasteiger partial charge in [-0.3, -0.25) is 4.90 Å². The van der Waals surface area contributed by atoms with Gasteiger partial charge in [-0.05, 0) is 40.4 Å². The van der Waals surface area contributed by atoms with Crippen LogP contribution >= 0.6 is 15.9 Å². The lowest BCUT2D eigenvalue weighted by Crippen LogP contribution is -2.45. The number of piperazine rings is 1. The molecule has 1 aliphatic rings. The predicted octanol–water partition coefficient (Wildman–Crippen LogP) is 3.50. The Balaban J connectivity index is 2.24. The highest BCUT2D eigenvalue weighted by Crippen LogP contribution is 2.33. The molecule has 1 saturated heterocycles. The summed E-state index contributed by atoms with van der Waals surface area (Å²) < 4.78 is 14.3. The molecule has 0 saturated carbocycles. The van der Waals surface area contributed by atoms with E-state index in [0.717, 1.165) is 44.6 Å². The molecule has 0 aromatic heterocycles. The van der Waals surface area contributed by atoms with E-state index in [1.807, 2.05) is 12.1 Å². The van der Waals surface area contributed by atoms with Crippen molar-refractivity contribution < 1.29 is 4.39 Å². The third kappa shape index (κ3) is 3.65. The van der Waals surface area contributed by atoms with Crippen LogP contribution in [-0.2, 0) is 0 Å². The van der Waals surface area contributed by atoms with Crippen LogP contribution in [0, 0.1) is 5.82 Å². The van der Waals surface area contributed by atoms with Crippen LogP contribution in [0.4, 0.5) is 4.39 Å². The lowest BCUT2D eigenvalue weighted by atomic mass is 9.99. The van der Waals surface area contributed by atoms with Gasteiger partial charge < -0.3 is 5.32 Å². The van der Waals surface area contributed by atoms with E-state index in [0.29, 0.717) is 4.47 Å². The Morgan fingerprint density at radius 3 is 2.84 bits per heavy atom. The van der Waals surface area contributed by atoms with Gasteiger partial charge in [-0.25, -0.2) is 4.39 Å². The number of nitrogens with one attached hydrogen (secondary N) is 1. The first-order valence-electron chi connectivity index (χ1n) is 6.73. The average Bonchev–Trinajstić information content (AvgIpc) is 2.45. The third-order valence-corrected chi connectivity index (χ3v) is 4.41. The summed E-state index contributed by atoms with van der Waals surface area (Å²) in [6.07, 6.45) is 3.85. The van der Waals surface area contributed by atoms with Crippen molar-refractivity contribution in [3.8, 4) is 0 Å². The van der Waals surface area contributed by atoms with Crippen LogP contribution in [0.1, 0.15) is 24.4 Å². The highest BCUT2D eigenvalue weighted by molar-refractivity contribution is 9.10. The van der Waals surface area contributed by atoms with Gasteiger partial charge in [0, 0.05) is 32.2 Å². The van der Waals surface area contributed by atoms with Crippen LogP contribution in [0.3, 0.4) is 0 Å². The number of halogens is 2. The maximum atomic E-state index is 13.7. The summed E-state index contributed by atoms with van der Waals surface area (Å²) in [6, 6.07) is 5.56. The number of allylic oxidation sites excluding steroid dienone is 1. The normalized spacial score (nSPS) is 18.2. The number of rotatable bonds is 5. The lowest BCUT2D eigenvalue weighted by Gasteiger charge is -2.35. The van der Waals surface area contributed by atoms with Crippen molar-refractivity contribution in [3.05, 3.63) is 46.7 Å². The first kappa shape index (κ1) is 14.7. The summed E-state index contributed by atoms with van der Waals surface area (Å²) in [6.45, 7) is 7.80. The molecule has 1 aromatic rings. The highest BCUT2D eigenvalue weighted by Gasteiger charge is 2.24. The Morgan fingerprint density at radius 2 is 2.16 bits per heavy atom. The second kappa shape index (κ2) is 7.17. The van der Waals surface area contributed by atoms with Gasteiger partial charge in [0.15, 0.2) is 0 Å². The van der Waals surface area contributed by atoms with Crippen molar-refractivity contribution in [2.24, 2.45) is 0 Å². The maximum Gasteiger partial charge on any atom is 0.137 e. The summed E-state index contributed by atoms with van der Waals surface area (Å²) in [4.78, 5) is 2.43. The fraction of sp³-hybridized carbons (Fsp3) is 0.467. The molecule has 104 valence electrons. The van der Waals surface area contributed by atoms with E-state index in [2.05, 4.69) is 32.7 Å². The van der Waals surface area contributed by atoms with Crippen LogP contribution in [0.15, 0.2) is 35.3 Å². The zero-order chi connectivity index (χ0) is 13.7. The zero-order valence-electron chi connectivity index (χ0n) is 11.0. The van der Waals surface area contributed by atoms with Crippen molar-refractivity contribution in [3.63, 3.8) is 0 Å². The van der Waals surface area contributed by atoms with Crippen LogP contribution in [0.5, 0.6) is 0 Å². The Hall–Kier alpha value is -0.710. The molecule has 1 aliphatic heterocycles. The van der Waals surface area contributed by atoms with Crippen molar-refractivity contribution in [1.29, 1.82) is 0 Å². The second-order valence-electron chi connectivity index (χ2n) is 4.81. The number of hydrogen-bond acceptors (Lipinski definition) is 2. The smallest absolute Gasteiger partial charge is 0.137 e. The van der Waals surface area contributed by atoms with Gasteiger partial charge in [0.25, 0.3) is 0 Å². The van der Waals surface area contributed by atoms with Crippen molar-refractivity contribution in [1.82, 2.24) is 10.2 Å². The summed E-state index contributed by atoms with van der Waals surface area (Å²) >= 11 is 3.40. The molecule has 0 aliphatic carbocycles. The van der Waals surface area contributed by atoms with Crippen molar-refractivity contribution >= 4 is 15.9 Å². The number of hydrogen-bond donors (Lipinski definition) is 1. The predicted molar refractivity (Wildman–Crippen MR) is 80.7 cm³/mol. The average molecular weight is 327 g/mol. The van der Waals surface area contributed by atoms with Gasteiger partial charge in [-0.15, -0.1) is 6.58 Å². The topological polar surface area (TPSA) is 15.3 Å². The maximum absolute atomic E-state index is 13.7. The molecule has 1 aromatic carbocycles. The zero-order valence-corrected chi connectivity index (χ0v) is 12.6. The Bertz CT molecular complexity index is 430. The standard InChI is InChI=1S/C15H20BrFN2/c1-2-3-7-14(19-10-8-18-9-11-19)12-5-4-6-13(17)15(12)16/h2,4-6,14,18H,1,3,7-11H2/t14-/m0/s1. The van der Waals surface area contributed by atoms with Crippen molar-refractivity contribution in [2.75, 3.05) is 26.2 Å². The molecule has 0 radical (unpaired) electrons. The van der Waals surface area contributed by atoms with Gasteiger partial charge in [0.1, 0.15) is 5.82 Å². The fourth-order valence-corrected chi connectivity index (χ4v) is 3.11. The van der Waals surface area contributed by atoms with E-state index < -0.39 is 0 Å². The molecule has 2 rings (SSSR count). The molecule has 2 nitrogen and oxygen atoms in total. The molecule has 0 bridgehead atoms. The fourth-order valence-electron chi connectivity index (χ4n) is 2.58. The summed E-state index contributed by atoms with van der Waals surface area (Å²) in [7, 11) is 0. The molecule has 1 fully saturated rings. The highest BCUT2D eigenvalue weighted by atomic mass is 79.9. The SMILES string of the molecule is C=CCC[C@@H](c1cccc(F)c1Br)N1CCNCC1. The molecular formula is C15H20BrFN2. The summed E-state index contributed by atoms with van der Waals surface area (Å²) in [5.74, 6) is -0.184. The number of benzene rings is 1. The quantitative estimate of drug-likeness (QED) is 0.833. The van der Waals surface area contributed by atoms with Crippen molar-refractivity contribution in [2.45, 2.75) is 18.9 Å². The molecule has 1 N–H and O–H groups in total. The molecular weight excluding hydrogens is 307 g/mol. The minimum absolute atomic E-state index is 0.184. The monoisotopic (exact) mass is 326 g/mol. The van der Waals surface area contributed by atoms with E-state index >= 15 is 0 Å². The number of nitrogens with zero attached hydrogens (tertiary/aromatic N) is 1. The first-order chi connectivity index (χ1) is 9.24. The Kier molecular flexibility index (Phi) is 5.55. The minimum Gasteiger partial charge on any atom is -0.314 e. The molecule has 0 amide bonds. The van der Waals surface area contributed by atoms with Crippen LogP contribution in [0.25, 0.3) is 0 Å². The lowest BCUT2D eigenvalue weighted by molar-refractivity contribution is 0.165. The largest absolute Gasteiger partial charge is 0.314 e. The van der Waals surface area contributed by atoms with E-state index in [9.17, 15) is 4.39 Å². The minimum atomic E-state index is -0.184. The molecule has 4 heteroatoms.